The third-order valence-corrected chi connectivity index (χ3v) is 4.10. The molecule has 0 saturated heterocycles. The molecule has 4 rings (SSSR count). The molecule has 0 unspecified atom stereocenters. The van der Waals surface area contributed by atoms with E-state index in [4.69, 9.17) is 4.74 Å². The number of hydrogen-bond donors (Lipinski definition) is 1. The first-order valence-electron chi connectivity index (χ1n) is 8.15. The van der Waals surface area contributed by atoms with Gasteiger partial charge in [0.1, 0.15) is 11.5 Å². The molecule has 0 amide bonds. The number of pyridine rings is 2. The zero-order valence-corrected chi connectivity index (χ0v) is 14.4. The van der Waals surface area contributed by atoms with E-state index in [1.54, 1.807) is 24.1 Å². The van der Waals surface area contributed by atoms with Crippen LogP contribution in [0.5, 0.6) is 0 Å². The van der Waals surface area contributed by atoms with Crippen LogP contribution in [-0.4, -0.2) is 43.7 Å². The number of nitrogens with one attached hydrogen (secondary N) is 1. The van der Waals surface area contributed by atoms with Gasteiger partial charge in [0.05, 0.1) is 31.2 Å². The highest BCUT2D eigenvalue weighted by Gasteiger charge is 2.18. The molecule has 0 fully saturated rings. The average molecular weight is 352 g/mol. The summed E-state index contributed by atoms with van der Waals surface area (Å²) in [7, 11) is 1.65. The minimum atomic E-state index is -0.383. The number of methoxy groups -OCH3 is 1. The van der Waals surface area contributed by atoms with Crippen molar-refractivity contribution >= 4 is 11.0 Å². The quantitative estimate of drug-likeness (QED) is 0.597. The number of nitrogens with zero attached hydrogens (tertiary/aromatic N) is 5. The minimum absolute atomic E-state index is 0.383. The molecule has 0 saturated carbocycles. The van der Waals surface area contributed by atoms with Crippen molar-refractivity contribution in [2.24, 2.45) is 0 Å². The summed E-state index contributed by atoms with van der Waals surface area (Å²) in [6.45, 7) is 3.06. The summed E-state index contributed by atoms with van der Waals surface area (Å²) in [5.74, 6) is -0.383. The van der Waals surface area contributed by atoms with E-state index in [2.05, 4.69) is 25.3 Å². The Morgan fingerprint density at radius 1 is 1.23 bits per heavy atom. The van der Waals surface area contributed by atoms with Gasteiger partial charge in [-0.15, -0.1) is 0 Å². The molecule has 0 aliphatic carbocycles. The highest BCUT2D eigenvalue weighted by molar-refractivity contribution is 5.96. The van der Waals surface area contributed by atoms with Crippen molar-refractivity contribution in [3.8, 4) is 22.5 Å². The third-order valence-electron chi connectivity index (χ3n) is 4.10. The Morgan fingerprint density at radius 3 is 2.88 bits per heavy atom. The molecule has 7 nitrogen and oxygen atoms in total. The summed E-state index contributed by atoms with van der Waals surface area (Å²) in [5.41, 5.74) is 4.68. The van der Waals surface area contributed by atoms with E-state index < -0.39 is 0 Å². The lowest BCUT2D eigenvalue weighted by Gasteiger charge is -2.05. The smallest absolute Gasteiger partial charge is 0.155 e. The summed E-state index contributed by atoms with van der Waals surface area (Å²) in [4.78, 5) is 8.66. The van der Waals surface area contributed by atoms with Crippen molar-refractivity contribution < 1.29 is 9.13 Å². The zero-order chi connectivity index (χ0) is 18.1. The Labute approximate surface area is 148 Å². The Bertz CT molecular complexity index is 1050. The number of aryl methyl sites for hydroxylation is 1. The molecule has 0 bridgehead atoms. The van der Waals surface area contributed by atoms with E-state index >= 15 is 0 Å². The lowest BCUT2D eigenvalue weighted by molar-refractivity contribution is 0.183. The van der Waals surface area contributed by atoms with Crippen molar-refractivity contribution in [1.29, 1.82) is 0 Å². The Hall–Kier alpha value is -3.13. The second kappa shape index (κ2) is 6.64. The van der Waals surface area contributed by atoms with Gasteiger partial charge >= 0.3 is 0 Å². The topological polar surface area (TPSA) is 81.5 Å². The van der Waals surface area contributed by atoms with Gasteiger partial charge in [0, 0.05) is 30.0 Å². The van der Waals surface area contributed by atoms with Gasteiger partial charge in [-0.25, -0.2) is 9.37 Å². The lowest BCUT2D eigenvalue weighted by atomic mass is 10.0. The van der Waals surface area contributed by atoms with E-state index in [9.17, 15) is 4.39 Å². The zero-order valence-electron chi connectivity index (χ0n) is 14.4. The molecule has 0 radical (unpaired) electrons. The maximum Gasteiger partial charge on any atom is 0.155 e. The summed E-state index contributed by atoms with van der Waals surface area (Å²) < 4.78 is 20.2. The van der Waals surface area contributed by atoms with E-state index in [0.717, 1.165) is 22.2 Å². The molecular weight excluding hydrogens is 335 g/mol. The Kier molecular flexibility index (Phi) is 4.18. The first kappa shape index (κ1) is 16.3. The van der Waals surface area contributed by atoms with Crippen LogP contribution in [-0.2, 0) is 11.3 Å². The Balaban J connectivity index is 1.92. The molecule has 132 valence electrons. The predicted octanol–water partition coefficient (Wildman–Crippen LogP) is 2.98. The molecule has 1 N–H and O–H groups in total. The normalized spacial score (nSPS) is 11.3. The second-order valence-corrected chi connectivity index (χ2v) is 5.95. The SMILES string of the molecule is COCCn1cc(-c2cc(C)nc3[nH]ncc23)c(-c2ccc(F)cn2)n1. The van der Waals surface area contributed by atoms with E-state index in [0.29, 0.717) is 30.2 Å². The number of aromatic nitrogens is 6. The second-order valence-electron chi connectivity index (χ2n) is 5.95. The Morgan fingerprint density at radius 2 is 2.12 bits per heavy atom. The molecule has 8 heteroatoms. The molecule has 0 aromatic carbocycles. The number of ether oxygens (including phenoxy) is 1. The van der Waals surface area contributed by atoms with E-state index in [1.165, 1.54) is 12.3 Å². The molecule has 26 heavy (non-hydrogen) atoms. The van der Waals surface area contributed by atoms with Crippen LogP contribution in [0.25, 0.3) is 33.5 Å². The first-order valence-corrected chi connectivity index (χ1v) is 8.15. The number of H-pyrrole nitrogens is 1. The van der Waals surface area contributed by atoms with Gasteiger partial charge in [-0.3, -0.25) is 14.8 Å². The highest BCUT2D eigenvalue weighted by atomic mass is 19.1. The number of fused-ring (bicyclic) bond motifs is 1. The molecule has 4 heterocycles. The fourth-order valence-electron chi connectivity index (χ4n) is 2.90. The monoisotopic (exact) mass is 352 g/mol. The van der Waals surface area contributed by atoms with Crippen LogP contribution >= 0.6 is 0 Å². The molecular formula is C18H17FN6O. The fourth-order valence-corrected chi connectivity index (χ4v) is 2.90. The van der Waals surface area contributed by atoms with Gasteiger partial charge < -0.3 is 4.74 Å². The van der Waals surface area contributed by atoms with Crippen LogP contribution in [0, 0.1) is 12.7 Å². The fraction of sp³-hybridized carbons (Fsp3) is 0.222. The average Bonchev–Trinajstić information content (AvgIpc) is 3.26. The van der Waals surface area contributed by atoms with Gasteiger partial charge in [0.25, 0.3) is 0 Å². The van der Waals surface area contributed by atoms with E-state index in [1.807, 2.05) is 19.2 Å². The maximum atomic E-state index is 13.3. The van der Waals surface area contributed by atoms with Crippen LogP contribution in [0.1, 0.15) is 5.69 Å². The van der Waals surface area contributed by atoms with Gasteiger partial charge in [-0.05, 0) is 30.7 Å². The highest BCUT2D eigenvalue weighted by Crippen LogP contribution is 2.34. The first-order chi connectivity index (χ1) is 12.7. The molecule has 4 aromatic rings. The minimum Gasteiger partial charge on any atom is -0.383 e. The van der Waals surface area contributed by atoms with Crippen LogP contribution in [0.15, 0.2) is 36.8 Å². The summed E-state index contributed by atoms with van der Waals surface area (Å²) in [6, 6.07) is 5.00. The summed E-state index contributed by atoms with van der Waals surface area (Å²) in [5, 5.41) is 12.5. The molecule has 0 aliphatic heterocycles. The van der Waals surface area contributed by atoms with Crippen LogP contribution in [0.2, 0.25) is 0 Å². The molecule has 4 aromatic heterocycles. The van der Waals surface area contributed by atoms with Crippen LogP contribution in [0.4, 0.5) is 4.39 Å². The van der Waals surface area contributed by atoms with Crippen LogP contribution < -0.4 is 0 Å². The van der Waals surface area contributed by atoms with Gasteiger partial charge in [-0.2, -0.15) is 10.2 Å². The third kappa shape index (κ3) is 2.95. The van der Waals surface area contributed by atoms with Crippen molar-refractivity contribution in [2.45, 2.75) is 13.5 Å². The standard InChI is InChI=1S/C18H17FN6O/c1-11-7-13(14-9-21-23-18(14)22-11)15-10-25(5-6-26-2)24-17(15)16-4-3-12(19)8-20-16/h3-4,7-10H,5-6H2,1-2H3,(H,21,22,23). The number of hydrogen-bond acceptors (Lipinski definition) is 5. The van der Waals surface area contributed by atoms with Crippen molar-refractivity contribution in [2.75, 3.05) is 13.7 Å². The van der Waals surface area contributed by atoms with Crippen LogP contribution in [0.3, 0.4) is 0 Å². The number of rotatable bonds is 5. The van der Waals surface area contributed by atoms with Gasteiger partial charge in [-0.1, -0.05) is 0 Å². The van der Waals surface area contributed by atoms with Crippen molar-refractivity contribution in [3.05, 3.63) is 48.3 Å². The number of aromatic amines is 1. The number of halogens is 1. The summed E-state index contributed by atoms with van der Waals surface area (Å²) >= 11 is 0. The van der Waals surface area contributed by atoms with E-state index in [-0.39, 0.29) is 5.82 Å². The van der Waals surface area contributed by atoms with Gasteiger partial charge in [0.2, 0.25) is 0 Å². The predicted molar refractivity (Wildman–Crippen MR) is 94.9 cm³/mol. The maximum absolute atomic E-state index is 13.3. The summed E-state index contributed by atoms with van der Waals surface area (Å²) in [6.07, 6.45) is 4.88. The largest absolute Gasteiger partial charge is 0.383 e. The molecule has 0 aliphatic rings. The molecule has 0 spiro atoms. The van der Waals surface area contributed by atoms with Crippen molar-refractivity contribution in [3.63, 3.8) is 0 Å². The van der Waals surface area contributed by atoms with Crippen molar-refractivity contribution in [1.82, 2.24) is 29.9 Å². The molecule has 0 atom stereocenters. The lowest BCUT2D eigenvalue weighted by Crippen LogP contribution is -2.04. The van der Waals surface area contributed by atoms with Gasteiger partial charge in [0.15, 0.2) is 5.65 Å².